The fraction of sp³-hybridized carbons (Fsp3) is 0.294. The molecular formula is C17H18FNOS. The lowest BCUT2D eigenvalue weighted by atomic mass is 10.1. The Morgan fingerprint density at radius 2 is 2.14 bits per heavy atom. The highest BCUT2D eigenvalue weighted by molar-refractivity contribution is 8.00. The summed E-state index contributed by atoms with van der Waals surface area (Å²) in [5.74, 6) is -0.0405. The molecule has 2 aromatic rings. The highest BCUT2D eigenvalue weighted by Gasteiger charge is 2.22. The summed E-state index contributed by atoms with van der Waals surface area (Å²) >= 11 is 1.80. The molecule has 21 heavy (non-hydrogen) atoms. The Bertz CT molecular complexity index is 619. The van der Waals surface area contributed by atoms with Crippen LogP contribution in [-0.4, -0.2) is 11.9 Å². The number of halogens is 1. The first kappa shape index (κ1) is 14.4. The van der Waals surface area contributed by atoms with Gasteiger partial charge in [-0.3, -0.25) is 0 Å². The van der Waals surface area contributed by atoms with Crippen LogP contribution in [0, 0.1) is 5.82 Å². The summed E-state index contributed by atoms with van der Waals surface area (Å²) in [5.41, 5.74) is 7.87. The fourth-order valence-corrected chi connectivity index (χ4v) is 3.66. The molecule has 0 fully saturated rings. The molecule has 1 aliphatic heterocycles. The second-order valence-corrected chi connectivity index (χ2v) is 6.68. The Morgan fingerprint density at radius 1 is 1.33 bits per heavy atom. The molecule has 0 spiro atoms. The molecule has 4 heteroatoms. The minimum Gasteiger partial charge on any atom is -0.489 e. The van der Waals surface area contributed by atoms with Gasteiger partial charge in [0, 0.05) is 16.2 Å². The molecule has 0 aliphatic carbocycles. The molecule has 1 aliphatic rings. The molecule has 1 unspecified atom stereocenters. The number of hydrogen-bond acceptors (Lipinski definition) is 3. The quantitative estimate of drug-likeness (QED) is 0.929. The van der Waals surface area contributed by atoms with Crippen molar-refractivity contribution in [2.75, 3.05) is 6.61 Å². The average Bonchev–Trinajstić information content (AvgIpc) is 2.88. The van der Waals surface area contributed by atoms with Crippen LogP contribution in [0.1, 0.15) is 24.1 Å². The van der Waals surface area contributed by atoms with E-state index in [1.54, 1.807) is 17.8 Å². The molecule has 0 bridgehead atoms. The Kier molecular flexibility index (Phi) is 4.17. The smallest absolute Gasteiger partial charge is 0.165 e. The summed E-state index contributed by atoms with van der Waals surface area (Å²) in [5, 5.41) is 0.343. The molecule has 2 N–H and O–H groups in total. The van der Waals surface area contributed by atoms with E-state index >= 15 is 0 Å². The summed E-state index contributed by atoms with van der Waals surface area (Å²) in [7, 11) is 0. The molecule has 0 saturated carbocycles. The van der Waals surface area contributed by atoms with Crippen molar-refractivity contribution in [3.05, 3.63) is 59.4 Å². The Hall–Kier alpha value is -1.52. The SMILES string of the molecule is C[C@@H](N)c1ccc(OCC2Cc3ccccc3S2)c(F)c1. The molecule has 0 saturated heterocycles. The van der Waals surface area contributed by atoms with Crippen molar-refractivity contribution < 1.29 is 9.13 Å². The zero-order valence-electron chi connectivity index (χ0n) is 11.9. The third-order valence-corrected chi connectivity index (χ3v) is 4.91. The van der Waals surface area contributed by atoms with Gasteiger partial charge in [0.2, 0.25) is 0 Å². The van der Waals surface area contributed by atoms with E-state index in [1.807, 2.05) is 19.1 Å². The molecule has 2 nitrogen and oxygen atoms in total. The van der Waals surface area contributed by atoms with Gasteiger partial charge in [-0.05, 0) is 42.7 Å². The molecule has 2 atom stereocenters. The van der Waals surface area contributed by atoms with Gasteiger partial charge >= 0.3 is 0 Å². The van der Waals surface area contributed by atoms with E-state index in [0.717, 1.165) is 12.0 Å². The van der Waals surface area contributed by atoms with Crippen molar-refractivity contribution in [2.45, 2.75) is 29.5 Å². The van der Waals surface area contributed by atoms with Crippen LogP contribution in [-0.2, 0) is 6.42 Å². The van der Waals surface area contributed by atoms with Crippen LogP contribution in [0.5, 0.6) is 5.75 Å². The van der Waals surface area contributed by atoms with Gasteiger partial charge in [-0.1, -0.05) is 24.3 Å². The fourth-order valence-electron chi connectivity index (χ4n) is 2.45. The minimum atomic E-state index is -0.342. The molecule has 0 radical (unpaired) electrons. The first-order valence-corrected chi connectivity index (χ1v) is 7.94. The summed E-state index contributed by atoms with van der Waals surface area (Å²) in [6, 6.07) is 13.1. The zero-order valence-corrected chi connectivity index (χ0v) is 12.7. The van der Waals surface area contributed by atoms with Crippen molar-refractivity contribution >= 4 is 11.8 Å². The van der Waals surface area contributed by atoms with E-state index in [9.17, 15) is 4.39 Å². The maximum Gasteiger partial charge on any atom is 0.165 e. The summed E-state index contributed by atoms with van der Waals surface area (Å²) in [4.78, 5) is 1.30. The van der Waals surface area contributed by atoms with Crippen molar-refractivity contribution in [1.82, 2.24) is 0 Å². The maximum atomic E-state index is 14.0. The third kappa shape index (κ3) is 3.22. The van der Waals surface area contributed by atoms with Crippen molar-refractivity contribution in [2.24, 2.45) is 5.73 Å². The molecule has 3 rings (SSSR count). The number of thioether (sulfide) groups is 1. The number of benzene rings is 2. The van der Waals surface area contributed by atoms with E-state index in [4.69, 9.17) is 10.5 Å². The van der Waals surface area contributed by atoms with Gasteiger partial charge in [-0.2, -0.15) is 0 Å². The largest absolute Gasteiger partial charge is 0.489 e. The van der Waals surface area contributed by atoms with Gasteiger partial charge in [-0.15, -0.1) is 11.8 Å². The minimum absolute atomic E-state index is 0.173. The van der Waals surface area contributed by atoms with E-state index < -0.39 is 0 Å². The number of ether oxygens (including phenoxy) is 1. The number of hydrogen-bond donors (Lipinski definition) is 1. The van der Waals surface area contributed by atoms with Crippen LogP contribution in [0.3, 0.4) is 0 Å². The van der Waals surface area contributed by atoms with E-state index in [1.165, 1.54) is 16.5 Å². The van der Waals surface area contributed by atoms with Crippen LogP contribution >= 0.6 is 11.8 Å². The van der Waals surface area contributed by atoms with Gasteiger partial charge in [0.15, 0.2) is 11.6 Å². The van der Waals surface area contributed by atoms with Crippen molar-refractivity contribution in [3.8, 4) is 5.75 Å². The van der Waals surface area contributed by atoms with Crippen LogP contribution in [0.2, 0.25) is 0 Å². The lowest BCUT2D eigenvalue weighted by molar-refractivity contribution is 0.301. The van der Waals surface area contributed by atoms with Crippen LogP contribution < -0.4 is 10.5 Å². The highest BCUT2D eigenvalue weighted by Crippen LogP contribution is 2.37. The predicted molar refractivity (Wildman–Crippen MR) is 84.3 cm³/mol. The topological polar surface area (TPSA) is 35.2 Å². The lowest BCUT2D eigenvalue weighted by Gasteiger charge is -2.13. The molecule has 0 aromatic heterocycles. The standard InChI is InChI=1S/C17H18FNOS/c1-11(19)12-6-7-16(15(18)9-12)20-10-14-8-13-4-2-3-5-17(13)21-14/h2-7,9,11,14H,8,10,19H2,1H3/t11-,14?/m1/s1. The monoisotopic (exact) mass is 303 g/mol. The Morgan fingerprint density at radius 3 is 2.86 bits per heavy atom. The summed E-state index contributed by atoms with van der Waals surface area (Å²) < 4.78 is 19.6. The van der Waals surface area contributed by atoms with Gasteiger partial charge < -0.3 is 10.5 Å². The molecule has 2 aromatic carbocycles. The third-order valence-electron chi connectivity index (χ3n) is 3.62. The summed E-state index contributed by atoms with van der Waals surface area (Å²) in [6.07, 6.45) is 0.973. The molecule has 1 heterocycles. The Balaban J connectivity index is 1.62. The van der Waals surface area contributed by atoms with Crippen LogP contribution in [0.25, 0.3) is 0 Å². The van der Waals surface area contributed by atoms with Crippen molar-refractivity contribution in [3.63, 3.8) is 0 Å². The number of fused-ring (bicyclic) bond motifs is 1. The van der Waals surface area contributed by atoms with Gasteiger partial charge in [0.1, 0.15) is 6.61 Å². The molecule has 110 valence electrons. The summed E-state index contributed by atoms with van der Waals surface area (Å²) in [6.45, 7) is 2.34. The van der Waals surface area contributed by atoms with Crippen molar-refractivity contribution in [1.29, 1.82) is 0 Å². The number of rotatable bonds is 4. The van der Waals surface area contributed by atoms with E-state index in [-0.39, 0.29) is 11.9 Å². The second-order valence-electron chi connectivity index (χ2n) is 5.34. The second kappa shape index (κ2) is 6.08. The van der Waals surface area contributed by atoms with Gasteiger partial charge in [-0.25, -0.2) is 4.39 Å². The lowest BCUT2D eigenvalue weighted by Crippen LogP contribution is -2.14. The van der Waals surface area contributed by atoms with E-state index in [2.05, 4.69) is 18.2 Å². The molecule has 0 amide bonds. The van der Waals surface area contributed by atoms with Crippen LogP contribution in [0.15, 0.2) is 47.4 Å². The van der Waals surface area contributed by atoms with Gasteiger partial charge in [0.05, 0.1) is 0 Å². The number of nitrogens with two attached hydrogens (primary N) is 1. The predicted octanol–water partition coefficient (Wildman–Crippen LogP) is 3.94. The first-order chi connectivity index (χ1) is 10.1. The molecular weight excluding hydrogens is 285 g/mol. The highest BCUT2D eigenvalue weighted by atomic mass is 32.2. The Labute approximate surface area is 128 Å². The normalized spacial score (nSPS) is 18.3. The van der Waals surface area contributed by atoms with E-state index in [0.29, 0.717) is 17.6 Å². The van der Waals surface area contributed by atoms with Gasteiger partial charge in [0.25, 0.3) is 0 Å². The first-order valence-electron chi connectivity index (χ1n) is 7.06. The maximum absolute atomic E-state index is 14.0. The zero-order chi connectivity index (χ0) is 14.8. The average molecular weight is 303 g/mol. The van der Waals surface area contributed by atoms with Crippen LogP contribution in [0.4, 0.5) is 4.39 Å².